The summed E-state index contributed by atoms with van der Waals surface area (Å²) in [6.45, 7) is 1.98. The third kappa shape index (κ3) is 2.36. The highest BCUT2D eigenvalue weighted by molar-refractivity contribution is 5.73. The van der Waals surface area contributed by atoms with Crippen LogP contribution in [0.25, 0.3) is 0 Å². The summed E-state index contributed by atoms with van der Waals surface area (Å²) >= 11 is 0. The third-order valence-electron chi connectivity index (χ3n) is 2.73. The molecule has 2 rings (SSSR count). The lowest BCUT2D eigenvalue weighted by molar-refractivity contribution is 1.40. The molecule has 0 aliphatic carbocycles. The number of hydrogen-bond donors (Lipinski definition) is 3. The smallest absolute Gasteiger partial charge is 0.0992 e. The number of nitrogens with two attached hydrogens (primary N) is 2. The number of hydrogen-bond acceptors (Lipinski definition) is 4. The van der Waals surface area contributed by atoms with E-state index in [0.29, 0.717) is 16.9 Å². The molecule has 0 radical (unpaired) electrons. The topological polar surface area (TPSA) is 87.9 Å². The second-order valence-corrected chi connectivity index (χ2v) is 4.11. The second-order valence-electron chi connectivity index (χ2n) is 4.11. The highest BCUT2D eigenvalue weighted by Gasteiger charge is 2.02. The molecule has 90 valence electrons. The molecule has 5 N–H and O–H groups in total. The summed E-state index contributed by atoms with van der Waals surface area (Å²) in [6.07, 6.45) is 0. The first kappa shape index (κ1) is 11.8. The number of nitriles is 1. The molecule has 4 heteroatoms. The predicted octanol–water partition coefficient (Wildman–Crippen LogP) is 2.77. The van der Waals surface area contributed by atoms with Crippen LogP contribution in [-0.4, -0.2) is 0 Å². The Morgan fingerprint density at radius 3 is 2.50 bits per heavy atom. The van der Waals surface area contributed by atoms with Crippen LogP contribution >= 0.6 is 0 Å². The standard InChI is InChI=1S/C14H14N4/c1-9-2-3-10(8-15)6-14(9)18-11-4-5-12(16)13(17)7-11/h2-7,18H,16-17H2,1H3. The average Bonchev–Trinajstić information content (AvgIpc) is 2.36. The van der Waals surface area contributed by atoms with E-state index < -0.39 is 0 Å². The lowest BCUT2D eigenvalue weighted by Gasteiger charge is -2.11. The van der Waals surface area contributed by atoms with Crippen molar-refractivity contribution >= 4 is 22.7 Å². The number of nitrogen functional groups attached to an aromatic ring is 2. The van der Waals surface area contributed by atoms with E-state index in [-0.39, 0.29) is 0 Å². The van der Waals surface area contributed by atoms with E-state index in [2.05, 4.69) is 11.4 Å². The lowest BCUT2D eigenvalue weighted by atomic mass is 10.1. The van der Waals surface area contributed by atoms with Gasteiger partial charge in [-0.1, -0.05) is 6.07 Å². The second kappa shape index (κ2) is 4.68. The van der Waals surface area contributed by atoms with Crippen molar-refractivity contribution in [1.82, 2.24) is 0 Å². The minimum Gasteiger partial charge on any atom is -0.397 e. The van der Waals surface area contributed by atoms with Crippen LogP contribution in [0, 0.1) is 18.3 Å². The van der Waals surface area contributed by atoms with E-state index in [1.165, 1.54) is 0 Å². The van der Waals surface area contributed by atoms with Crippen LogP contribution < -0.4 is 16.8 Å². The monoisotopic (exact) mass is 238 g/mol. The molecule has 0 amide bonds. The Morgan fingerprint density at radius 2 is 1.83 bits per heavy atom. The van der Waals surface area contributed by atoms with Gasteiger partial charge in [-0.05, 0) is 42.8 Å². The molecule has 18 heavy (non-hydrogen) atoms. The van der Waals surface area contributed by atoms with Crippen molar-refractivity contribution < 1.29 is 0 Å². The maximum absolute atomic E-state index is 8.89. The summed E-state index contributed by atoms with van der Waals surface area (Å²) in [7, 11) is 0. The number of rotatable bonds is 2. The Hall–Kier alpha value is -2.67. The van der Waals surface area contributed by atoms with Gasteiger partial charge >= 0.3 is 0 Å². The van der Waals surface area contributed by atoms with Crippen molar-refractivity contribution in [1.29, 1.82) is 5.26 Å². The van der Waals surface area contributed by atoms with Gasteiger partial charge < -0.3 is 16.8 Å². The SMILES string of the molecule is Cc1ccc(C#N)cc1Nc1ccc(N)c(N)c1. The van der Waals surface area contributed by atoms with Gasteiger partial charge in [-0.2, -0.15) is 5.26 Å². The molecular weight excluding hydrogens is 224 g/mol. The molecule has 0 aliphatic rings. The molecule has 0 saturated heterocycles. The molecule has 0 unspecified atom stereocenters. The van der Waals surface area contributed by atoms with Crippen molar-refractivity contribution in [3.8, 4) is 6.07 Å². The van der Waals surface area contributed by atoms with Crippen LogP contribution in [-0.2, 0) is 0 Å². The van der Waals surface area contributed by atoms with Crippen LogP contribution in [0.4, 0.5) is 22.7 Å². The molecule has 0 atom stereocenters. The van der Waals surface area contributed by atoms with E-state index in [1.807, 2.05) is 25.1 Å². The largest absolute Gasteiger partial charge is 0.397 e. The molecule has 0 heterocycles. The molecule has 2 aromatic carbocycles. The van der Waals surface area contributed by atoms with Gasteiger partial charge in [0.05, 0.1) is 23.0 Å². The zero-order valence-corrected chi connectivity index (χ0v) is 10.1. The fourth-order valence-electron chi connectivity index (χ4n) is 1.63. The Morgan fingerprint density at radius 1 is 1.06 bits per heavy atom. The fraction of sp³-hybridized carbons (Fsp3) is 0.0714. The summed E-state index contributed by atoms with van der Waals surface area (Å²) in [4.78, 5) is 0. The molecule has 2 aromatic rings. The van der Waals surface area contributed by atoms with Crippen molar-refractivity contribution in [3.63, 3.8) is 0 Å². The normalized spacial score (nSPS) is 9.78. The van der Waals surface area contributed by atoms with E-state index in [4.69, 9.17) is 16.7 Å². The molecule has 0 bridgehead atoms. The van der Waals surface area contributed by atoms with Crippen molar-refractivity contribution in [2.75, 3.05) is 16.8 Å². The number of anilines is 4. The Kier molecular flexibility index (Phi) is 3.07. The van der Waals surface area contributed by atoms with Gasteiger partial charge in [0.15, 0.2) is 0 Å². The lowest BCUT2D eigenvalue weighted by Crippen LogP contribution is -1.98. The zero-order chi connectivity index (χ0) is 13.1. The first-order valence-corrected chi connectivity index (χ1v) is 5.53. The number of nitrogens with one attached hydrogen (secondary N) is 1. The maximum atomic E-state index is 8.89. The highest BCUT2D eigenvalue weighted by Crippen LogP contribution is 2.25. The van der Waals surface area contributed by atoms with E-state index in [9.17, 15) is 0 Å². The summed E-state index contributed by atoms with van der Waals surface area (Å²) < 4.78 is 0. The van der Waals surface area contributed by atoms with E-state index in [0.717, 1.165) is 16.9 Å². The minimum absolute atomic E-state index is 0.536. The molecular formula is C14H14N4. The van der Waals surface area contributed by atoms with Gasteiger partial charge in [0.1, 0.15) is 0 Å². The third-order valence-corrected chi connectivity index (χ3v) is 2.73. The Bertz CT molecular complexity index is 626. The first-order chi connectivity index (χ1) is 8.60. The van der Waals surface area contributed by atoms with Gasteiger partial charge in [0.2, 0.25) is 0 Å². The number of benzene rings is 2. The van der Waals surface area contributed by atoms with E-state index >= 15 is 0 Å². The van der Waals surface area contributed by atoms with Gasteiger partial charge in [-0.3, -0.25) is 0 Å². The zero-order valence-electron chi connectivity index (χ0n) is 10.1. The highest BCUT2D eigenvalue weighted by atomic mass is 14.9. The van der Waals surface area contributed by atoms with E-state index in [1.54, 1.807) is 18.2 Å². The van der Waals surface area contributed by atoms with Gasteiger partial charge in [0, 0.05) is 11.4 Å². The first-order valence-electron chi connectivity index (χ1n) is 5.53. The number of nitrogens with zero attached hydrogens (tertiary/aromatic N) is 1. The van der Waals surface area contributed by atoms with Crippen LogP contribution in [0.15, 0.2) is 36.4 Å². The van der Waals surface area contributed by atoms with Crippen molar-refractivity contribution in [3.05, 3.63) is 47.5 Å². The quantitative estimate of drug-likeness (QED) is 0.702. The molecule has 0 aromatic heterocycles. The molecule has 0 aliphatic heterocycles. The van der Waals surface area contributed by atoms with Crippen LogP contribution in [0.2, 0.25) is 0 Å². The summed E-state index contributed by atoms with van der Waals surface area (Å²) in [5, 5.41) is 12.1. The molecule has 4 nitrogen and oxygen atoms in total. The van der Waals surface area contributed by atoms with Gasteiger partial charge in [0.25, 0.3) is 0 Å². The molecule has 0 spiro atoms. The van der Waals surface area contributed by atoms with Crippen molar-refractivity contribution in [2.45, 2.75) is 6.92 Å². The maximum Gasteiger partial charge on any atom is 0.0992 e. The minimum atomic E-state index is 0.536. The van der Waals surface area contributed by atoms with Gasteiger partial charge in [-0.25, -0.2) is 0 Å². The van der Waals surface area contributed by atoms with Crippen molar-refractivity contribution in [2.24, 2.45) is 0 Å². The Labute approximate surface area is 106 Å². The summed E-state index contributed by atoms with van der Waals surface area (Å²) in [5.74, 6) is 0. The van der Waals surface area contributed by atoms with Crippen LogP contribution in [0.3, 0.4) is 0 Å². The molecule has 0 saturated carbocycles. The predicted molar refractivity (Wildman–Crippen MR) is 74.4 cm³/mol. The number of aryl methyl sites for hydroxylation is 1. The summed E-state index contributed by atoms with van der Waals surface area (Å²) in [5.41, 5.74) is 15.9. The fourth-order valence-corrected chi connectivity index (χ4v) is 1.63. The average molecular weight is 238 g/mol. The molecule has 0 fully saturated rings. The Balaban J connectivity index is 2.33. The van der Waals surface area contributed by atoms with Crippen LogP contribution in [0.1, 0.15) is 11.1 Å². The van der Waals surface area contributed by atoms with Gasteiger partial charge in [-0.15, -0.1) is 0 Å². The summed E-state index contributed by atoms with van der Waals surface area (Å²) in [6, 6.07) is 13.0. The van der Waals surface area contributed by atoms with Crippen LogP contribution in [0.5, 0.6) is 0 Å².